The van der Waals surface area contributed by atoms with Gasteiger partial charge in [0, 0.05) is 5.57 Å². The van der Waals surface area contributed by atoms with Crippen LogP contribution in [0.4, 0.5) is 13.2 Å². The molecule has 0 aliphatic heterocycles. The van der Waals surface area contributed by atoms with Crippen LogP contribution in [0.3, 0.4) is 0 Å². The molecule has 0 amide bonds. The number of alkyl halides is 3. The molecule has 0 aliphatic carbocycles. The quantitative estimate of drug-likeness (QED) is 0.539. The topological polar surface area (TPSA) is 64.9 Å². The van der Waals surface area contributed by atoms with Crippen LogP contribution in [0, 0.1) is 0 Å². The third-order valence-electron chi connectivity index (χ3n) is 3.90. The summed E-state index contributed by atoms with van der Waals surface area (Å²) in [5, 5.41) is 5.89. The fraction of sp³-hybridized carbons (Fsp3) is 0.263. The average molecular weight is 393 g/mol. The Morgan fingerprint density at radius 1 is 1.19 bits per heavy atom. The maximum absolute atomic E-state index is 13.0. The summed E-state index contributed by atoms with van der Waals surface area (Å²) in [5.74, 6) is 0.779. The van der Waals surface area contributed by atoms with Gasteiger partial charge >= 0.3 is 6.18 Å². The Labute approximate surface area is 158 Å². The third kappa shape index (κ3) is 5.05. The first-order valence-corrected chi connectivity index (χ1v) is 9.31. The minimum absolute atomic E-state index is 0.313. The van der Waals surface area contributed by atoms with Gasteiger partial charge < -0.3 is 10.3 Å². The van der Waals surface area contributed by atoms with Crippen LogP contribution in [0.1, 0.15) is 36.3 Å². The number of hydrogen-bond acceptors (Lipinski definition) is 5. The van der Waals surface area contributed by atoms with E-state index in [1.54, 1.807) is 12.1 Å². The molecule has 0 fully saturated rings. The summed E-state index contributed by atoms with van der Waals surface area (Å²) in [6, 6.07) is 8.93. The number of allylic oxidation sites excluding steroid dienone is 1. The van der Waals surface area contributed by atoms with E-state index >= 15 is 0 Å². The number of hydrogen-bond donors (Lipinski definition) is 1. The lowest BCUT2D eigenvalue weighted by Gasteiger charge is -2.08. The van der Waals surface area contributed by atoms with Crippen LogP contribution in [-0.4, -0.2) is 16.7 Å². The molecule has 142 valence electrons. The van der Waals surface area contributed by atoms with Crippen molar-refractivity contribution in [1.82, 2.24) is 10.1 Å². The lowest BCUT2D eigenvalue weighted by Crippen LogP contribution is -2.04. The van der Waals surface area contributed by atoms with Crippen LogP contribution in [0.15, 0.2) is 46.3 Å². The van der Waals surface area contributed by atoms with E-state index in [1.807, 2.05) is 17.5 Å². The van der Waals surface area contributed by atoms with Crippen molar-refractivity contribution in [2.24, 2.45) is 5.73 Å². The number of rotatable bonds is 7. The second-order valence-electron chi connectivity index (χ2n) is 5.94. The van der Waals surface area contributed by atoms with E-state index in [9.17, 15) is 13.2 Å². The molecular weight excluding hydrogens is 375 g/mol. The van der Waals surface area contributed by atoms with Gasteiger partial charge in [-0.1, -0.05) is 23.4 Å². The standard InChI is InChI=1S/C19H18F3N3OS/c20-19(21,22)15-7-3-5-13(12-15)11-14(6-1-2-9-23)18-24-17(25-26-18)16-8-4-10-27-16/h3-5,7-8,10-12H,1-2,6,9,23H2/b14-11+. The maximum atomic E-state index is 13.0. The molecule has 1 aromatic carbocycles. The molecule has 0 bridgehead atoms. The third-order valence-corrected chi connectivity index (χ3v) is 4.76. The minimum Gasteiger partial charge on any atom is -0.334 e. The number of unbranched alkanes of at least 4 members (excludes halogenated alkanes) is 1. The maximum Gasteiger partial charge on any atom is 0.416 e. The summed E-state index contributed by atoms with van der Waals surface area (Å²) in [4.78, 5) is 5.28. The Morgan fingerprint density at radius 3 is 2.74 bits per heavy atom. The van der Waals surface area contributed by atoms with Gasteiger partial charge in [0.05, 0.1) is 10.4 Å². The average Bonchev–Trinajstić information content (AvgIpc) is 3.32. The molecule has 2 N–H and O–H groups in total. The Kier molecular flexibility index (Phi) is 6.08. The first-order valence-electron chi connectivity index (χ1n) is 8.43. The molecule has 3 aromatic rings. The zero-order valence-corrected chi connectivity index (χ0v) is 15.2. The Morgan fingerprint density at radius 2 is 2.04 bits per heavy atom. The second kappa shape index (κ2) is 8.49. The summed E-state index contributed by atoms with van der Waals surface area (Å²) >= 11 is 1.49. The molecule has 0 saturated heterocycles. The highest BCUT2D eigenvalue weighted by Crippen LogP contribution is 2.31. The number of halogens is 3. The molecule has 0 unspecified atom stereocenters. The Balaban J connectivity index is 1.93. The van der Waals surface area contributed by atoms with Crippen LogP contribution in [0.2, 0.25) is 0 Å². The van der Waals surface area contributed by atoms with Crippen molar-refractivity contribution in [3.63, 3.8) is 0 Å². The fourth-order valence-corrected chi connectivity index (χ4v) is 3.22. The van der Waals surface area contributed by atoms with Crippen molar-refractivity contribution < 1.29 is 17.7 Å². The van der Waals surface area contributed by atoms with Gasteiger partial charge in [-0.2, -0.15) is 18.2 Å². The molecule has 0 aliphatic rings. The normalized spacial score (nSPS) is 12.5. The second-order valence-corrected chi connectivity index (χ2v) is 6.89. The van der Waals surface area contributed by atoms with Crippen molar-refractivity contribution in [3.8, 4) is 10.7 Å². The molecular formula is C19H18F3N3OS. The highest BCUT2D eigenvalue weighted by Gasteiger charge is 2.30. The van der Waals surface area contributed by atoms with Gasteiger partial charge in [-0.05, 0) is 61.0 Å². The Hall–Kier alpha value is -2.45. The molecule has 2 aromatic heterocycles. The zero-order chi connectivity index (χ0) is 19.3. The van der Waals surface area contributed by atoms with Gasteiger partial charge in [0.25, 0.3) is 5.89 Å². The minimum atomic E-state index is -4.39. The van der Waals surface area contributed by atoms with Crippen molar-refractivity contribution in [3.05, 3.63) is 58.8 Å². The summed E-state index contributed by atoms with van der Waals surface area (Å²) in [5.41, 5.74) is 5.98. The summed E-state index contributed by atoms with van der Waals surface area (Å²) in [7, 11) is 0. The lowest BCUT2D eigenvalue weighted by molar-refractivity contribution is -0.137. The molecule has 8 heteroatoms. The zero-order valence-electron chi connectivity index (χ0n) is 14.4. The molecule has 0 spiro atoms. The van der Waals surface area contributed by atoms with Crippen LogP contribution in [0.25, 0.3) is 22.4 Å². The predicted molar refractivity (Wildman–Crippen MR) is 99.8 cm³/mol. The van der Waals surface area contributed by atoms with Crippen molar-refractivity contribution >= 4 is 23.0 Å². The Bertz CT molecular complexity index is 901. The highest BCUT2D eigenvalue weighted by molar-refractivity contribution is 7.13. The van der Waals surface area contributed by atoms with E-state index in [1.165, 1.54) is 17.4 Å². The molecule has 2 heterocycles. The highest BCUT2D eigenvalue weighted by atomic mass is 32.1. The summed E-state index contributed by atoms with van der Waals surface area (Å²) < 4.78 is 44.3. The molecule has 0 saturated carbocycles. The summed E-state index contributed by atoms with van der Waals surface area (Å²) in [6.45, 7) is 0.543. The van der Waals surface area contributed by atoms with Gasteiger partial charge in [-0.15, -0.1) is 11.3 Å². The smallest absolute Gasteiger partial charge is 0.334 e. The van der Waals surface area contributed by atoms with E-state index in [-0.39, 0.29) is 0 Å². The van der Waals surface area contributed by atoms with Crippen molar-refractivity contribution in [2.45, 2.75) is 25.4 Å². The number of aromatic nitrogens is 2. The van der Waals surface area contributed by atoms with E-state index in [4.69, 9.17) is 10.3 Å². The molecule has 27 heavy (non-hydrogen) atoms. The fourth-order valence-electron chi connectivity index (χ4n) is 2.57. The van der Waals surface area contributed by atoms with E-state index in [0.717, 1.165) is 29.9 Å². The van der Waals surface area contributed by atoms with Crippen molar-refractivity contribution in [2.75, 3.05) is 6.54 Å². The number of thiophene rings is 1. The van der Waals surface area contributed by atoms with Gasteiger partial charge in [-0.25, -0.2) is 0 Å². The lowest BCUT2D eigenvalue weighted by atomic mass is 10.0. The van der Waals surface area contributed by atoms with E-state index in [0.29, 0.717) is 35.8 Å². The first kappa shape index (κ1) is 19.3. The van der Waals surface area contributed by atoms with Crippen LogP contribution < -0.4 is 5.73 Å². The van der Waals surface area contributed by atoms with Gasteiger partial charge in [-0.3, -0.25) is 0 Å². The molecule has 4 nitrogen and oxygen atoms in total. The molecule has 3 rings (SSSR count). The van der Waals surface area contributed by atoms with E-state index < -0.39 is 11.7 Å². The molecule has 0 radical (unpaired) electrons. The predicted octanol–water partition coefficient (Wildman–Crippen LogP) is 5.49. The summed E-state index contributed by atoms with van der Waals surface area (Å²) in [6.07, 6.45) is -0.568. The van der Waals surface area contributed by atoms with Gasteiger partial charge in [0.15, 0.2) is 0 Å². The first-order chi connectivity index (χ1) is 13.0. The number of nitrogens with zero attached hydrogens (tertiary/aromatic N) is 2. The van der Waals surface area contributed by atoms with Gasteiger partial charge in [0.2, 0.25) is 5.82 Å². The number of benzene rings is 1. The monoisotopic (exact) mass is 393 g/mol. The van der Waals surface area contributed by atoms with Gasteiger partial charge in [0.1, 0.15) is 0 Å². The van der Waals surface area contributed by atoms with Crippen LogP contribution in [0.5, 0.6) is 0 Å². The van der Waals surface area contributed by atoms with Crippen molar-refractivity contribution in [1.29, 1.82) is 0 Å². The van der Waals surface area contributed by atoms with E-state index in [2.05, 4.69) is 10.1 Å². The number of nitrogens with two attached hydrogens (primary N) is 1. The SMILES string of the molecule is NCCCC/C(=C\c1cccc(C(F)(F)F)c1)c1nc(-c2cccs2)no1. The molecule has 0 atom stereocenters. The van der Waals surface area contributed by atoms with Crippen LogP contribution >= 0.6 is 11.3 Å². The largest absolute Gasteiger partial charge is 0.416 e. The van der Waals surface area contributed by atoms with Crippen LogP contribution in [-0.2, 0) is 6.18 Å².